The molecule has 0 spiro atoms. The highest BCUT2D eigenvalue weighted by molar-refractivity contribution is 5.19. The molecule has 1 saturated heterocycles. The maximum Gasteiger partial charge on any atom is 0.123 e. The second-order valence-corrected chi connectivity index (χ2v) is 6.20. The fourth-order valence-electron chi connectivity index (χ4n) is 3.00. The van der Waals surface area contributed by atoms with E-state index < -0.39 is 0 Å². The Kier molecular flexibility index (Phi) is 5.55. The minimum absolute atomic E-state index is 0.164. The second-order valence-electron chi connectivity index (χ2n) is 6.20. The predicted octanol–water partition coefficient (Wildman–Crippen LogP) is 3.74. The Bertz CT molecular complexity index is 402. The van der Waals surface area contributed by atoms with Crippen LogP contribution in [-0.2, 0) is 0 Å². The van der Waals surface area contributed by atoms with Gasteiger partial charge in [0.15, 0.2) is 0 Å². The number of nitrogens with one attached hydrogen (secondary N) is 1. The Morgan fingerprint density at radius 2 is 1.80 bits per heavy atom. The molecule has 1 N–H and O–H groups in total. The molecule has 2 nitrogen and oxygen atoms in total. The van der Waals surface area contributed by atoms with Crippen molar-refractivity contribution in [2.24, 2.45) is 0 Å². The number of hydrogen-bond donors (Lipinski definition) is 1. The lowest BCUT2D eigenvalue weighted by molar-refractivity contribution is 0.228. The summed E-state index contributed by atoms with van der Waals surface area (Å²) in [5, 5.41) is 3.70. The molecule has 0 aliphatic carbocycles. The molecular weight excluding hydrogens is 251 g/mol. The molecule has 0 bridgehead atoms. The van der Waals surface area contributed by atoms with Gasteiger partial charge in [-0.2, -0.15) is 0 Å². The molecule has 1 aromatic carbocycles. The van der Waals surface area contributed by atoms with Gasteiger partial charge < -0.3 is 10.2 Å². The van der Waals surface area contributed by atoms with Crippen molar-refractivity contribution < 1.29 is 4.39 Å². The number of halogens is 1. The minimum atomic E-state index is -0.164. The number of benzene rings is 1. The third-order valence-electron chi connectivity index (χ3n) is 4.35. The van der Waals surface area contributed by atoms with Crippen LogP contribution in [0.1, 0.15) is 51.6 Å². The molecule has 1 unspecified atom stereocenters. The van der Waals surface area contributed by atoms with Crippen molar-refractivity contribution in [1.29, 1.82) is 0 Å². The number of hydrogen-bond acceptors (Lipinski definition) is 2. The summed E-state index contributed by atoms with van der Waals surface area (Å²) in [7, 11) is 0. The van der Waals surface area contributed by atoms with Crippen LogP contribution in [0.25, 0.3) is 0 Å². The van der Waals surface area contributed by atoms with Gasteiger partial charge in [-0.15, -0.1) is 0 Å². The van der Waals surface area contributed by atoms with Crippen molar-refractivity contribution in [2.45, 2.75) is 58.2 Å². The minimum Gasteiger partial charge on any atom is -0.307 e. The van der Waals surface area contributed by atoms with E-state index in [9.17, 15) is 4.39 Å². The van der Waals surface area contributed by atoms with Gasteiger partial charge in [-0.05, 0) is 70.8 Å². The lowest BCUT2D eigenvalue weighted by Gasteiger charge is -2.25. The highest BCUT2D eigenvalue weighted by Crippen LogP contribution is 2.18. The van der Waals surface area contributed by atoms with Crippen molar-refractivity contribution in [3.63, 3.8) is 0 Å². The predicted molar refractivity (Wildman–Crippen MR) is 82.3 cm³/mol. The topological polar surface area (TPSA) is 15.3 Å². The number of rotatable bonds is 4. The molecule has 20 heavy (non-hydrogen) atoms. The summed E-state index contributed by atoms with van der Waals surface area (Å²) < 4.78 is 13.0. The first kappa shape index (κ1) is 15.5. The molecule has 1 aliphatic rings. The highest BCUT2D eigenvalue weighted by atomic mass is 19.1. The average Bonchev–Trinajstić information content (AvgIpc) is 2.65. The van der Waals surface area contributed by atoms with Crippen LogP contribution < -0.4 is 5.32 Å². The second kappa shape index (κ2) is 7.19. The summed E-state index contributed by atoms with van der Waals surface area (Å²) in [5.74, 6) is -0.164. The van der Waals surface area contributed by atoms with E-state index in [1.165, 1.54) is 32.4 Å². The normalized spacial score (nSPS) is 22.8. The van der Waals surface area contributed by atoms with Gasteiger partial charge in [0.25, 0.3) is 0 Å². The number of nitrogens with zero attached hydrogens (tertiary/aromatic N) is 1. The standard InChI is InChI=1S/C17H27FN2/c1-13(2)20-11-4-5-17(10-12-20)19-14(3)15-6-8-16(18)9-7-15/h6-9,13-14,17,19H,4-5,10-12H2,1-3H3/t14-,17?/m0/s1. The third kappa shape index (κ3) is 4.29. The first-order valence-corrected chi connectivity index (χ1v) is 7.82. The Labute approximate surface area is 122 Å². The zero-order chi connectivity index (χ0) is 14.5. The van der Waals surface area contributed by atoms with E-state index >= 15 is 0 Å². The van der Waals surface area contributed by atoms with Gasteiger partial charge in [-0.25, -0.2) is 4.39 Å². The van der Waals surface area contributed by atoms with Crippen LogP contribution >= 0.6 is 0 Å². The molecule has 2 rings (SSSR count). The van der Waals surface area contributed by atoms with Gasteiger partial charge in [0.05, 0.1) is 0 Å². The van der Waals surface area contributed by atoms with Crippen LogP contribution in [0.5, 0.6) is 0 Å². The van der Waals surface area contributed by atoms with Gasteiger partial charge in [-0.3, -0.25) is 0 Å². The summed E-state index contributed by atoms with van der Waals surface area (Å²) in [4.78, 5) is 2.56. The van der Waals surface area contributed by atoms with Crippen molar-refractivity contribution in [3.8, 4) is 0 Å². The van der Waals surface area contributed by atoms with E-state index in [0.29, 0.717) is 12.1 Å². The molecule has 2 atom stereocenters. The van der Waals surface area contributed by atoms with E-state index in [4.69, 9.17) is 0 Å². The van der Waals surface area contributed by atoms with E-state index in [-0.39, 0.29) is 11.9 Å². The van der Waals surface area contributed by atoms with Crippen molar-refractivity contribution >= 4 is 0 Å². The van der Waals surface area contributed by atoms with Crippen LogP contribution in [0.3, 0.4) is 0 Å². The molecular formula is C17H27FN2. The lowest BCUT2D eigenvalue weighted by atomic mass is 10.0. The van der Waals surface area contributed by atoms with Gasteiger partial charge in [-0.1, -0.05) is 12.1 Å². The first-order chi connectivity index (χ1) is 9.56. The molecule has 0 radical (unpaired) electrons. The highest BCUT2D eigenvalue weighted by Gasteiger charge is 2.20. The monoisotopic (exact) mass is 278 g/mol. The molecule has 1 aliphatic heterocycles. The molecule has 1 fully saturated rings. The third-order valence-corrected chi connectivity index (χ3v) is 4.35. The molecule has 3 heteroatoms. The quantitative estimate of drug-likeness (QED) is 0.902. The molecule has 1 heterocycles. The number of likely N-dealkylation sites (tertiary alicyclic amines) is 1. The van der Waals surface area contributed by atoms with Gasteiger partial charge in [0.1, 0.15) is 5.82 Å². The smallest absolute Gasteiger partial charge is 0.123 e. The Balaban J connectivity index is 1.88. The largest absolute Gasteiger partial charge is 0.307 e. The van der Waals surface area contributed by atoms with Crippen LogP contribution in [0.2, 0.25) is 0 Å². The van der Waals surface area contributed by atoms with Crippen LogP contribution in [0.4, 0.5) is 4.39 Å². The summed E-state index contributed by atoms with van der Waals surface area (Å²) in [5.41, 5.74) is 1.16. The SMILES string of the molecule is CC(C)N1CCCC(N[C@@H](C)c2ccc(F)cc2)CC1. The summed E-state index contributed by atoms with van der Waals surface area (Å²) in [6.45, 7) is 9.09. The fraction of sp³-hybridized carbons (Fsp3) is 0.647. The Hall–Kier alpha value is -0.930. The first-order valence-electron chi connectivity index (χ1n) is 7.82. The Morgan fingerprint density at radius 1 is 1.10 bits per heavy atom. The van der Waals surface area contributed by atoms with E-state index in [2.05, 4.69) is 31.0 Å². The van der Waals surface area contributed by atoms with Crippen molar-refractivity contribution in [1.82, 2.24) is 10.2 Å². The maximum absolute atomic E-state index is 13.0. The lowest BCUT2D eigenvalue weighted by Crippen LogP contribution is -2.34. The fourth-order valence-corrected chi connectivity index (χ4v) is 3.00. The van der Waals surface area contributed by atoms with Crippen molar-refractivity contribution in [3.05, 3.63) is 35.6 Å². The van der Waals surface area contributed by atoms with E-state index in [1.807, 2.05) is 12.1 Å². The van der Waals surface area contributed by atoms with Crippen LogP contribution in [0.15, 0.2) is 24.3 Å². The zero-order valence-electron chi connectivity index (χ0n) is 12.9. The molecule has 0 saturated carbocycles. The maximum atomic E-state index is 13.0. The van der Waals surface area contributed by atoms with Gasteiger partial charge in [0, 0.05) is 18.1 Å². The van der Waals surface area contributed by atoms with Crippen LogP contribution in [-0.4, -0.2) is 30.1 Å². The zero-order valence-corrected chi connectivity index (χ0v) is 12.9. The summed E-state index contributed by atoms with van der Waals surface area (Å²) in [6, 6.07) is 8.34. The molecule has 1 aromatic rings. The van der Waals surface area contributed by atoms with Gasteiger partial charge >= 0.3 is 0 Å². The van der Waals surface area contributed by atoms with E-state index in [0.717, 1.165) is 5.56 Å². The summed E-state index contributed by atoms with van der Waals surface area (Å²) in [6.07, 6.45) is 3.68. The molecule has 0 aromatic heterocycles. The van der Waals surface area contributed by atoms with Crippen molar-refractivity contribution in [2.75, 3.05) is 13.1 Å². The van der Waals surface area contributed by atoms with E-state index in [1.54, 1.807) is 12.1 Å². The summed E-state index contributed by atoms with van der Waals surface area (Å²) >= 11 is 0. The molecule has 0 amide bonds. The molecule has 112 valence electrons. The Morgan fingerprint density at radius 3 is 2.45 bits per heavy atom. The van der Waals surface area contributed by atoms with Gasteiger partial charge in [0.2, 0.25) is 0 Å². The average molecular weight is 278 g/mol. The van der Waals surface area contributed by atoms with Crippen LogP contribution in [0, 0.1) is 5.82 Å².